The zero-order valence-electron chi connectivity index (χ0n) is 18.3. The first-order valence-electron chi connectivity index (χ1n) is 9.49. The van der Waals surface area contributed by atoms with Crippen LogP contribution < -0.4 is 15.0 Å². The molecule has 1 aromatic rings. The Balaban J connectivity index is 0. The highest BCUT2D eigenvalue weighted by Gasteiger charge is 2.21. The largest absolute Gasteiger partial charge is 0.497 e. The fraction of sp³-hybridized carbons (Fsp3) is 0.571. The summed E-state index contributed by atoms with van der Waals surface area (Å²) in [5, 5.41) is 2.25. The van der Waals surface area contributed by atoms with Gasteiger partial charge in [0, 0.05) is 38.1 Å². The summed E-state index contributed by atoms with van der Waals surface area (Å²) in [5.74, 6) is 0.520. The summed E-state index contributed by atoms with van der Waals surface area (Å²) >= 11 is 0. The zero-order chi connectivity index (χ0) is 21.6. The summed E-state index contributed by atoms with van der Waals surface area (Å²) in [6.07, 6.45) is 1.19. The van der Waals surface area contributed by atoms with Gasteiger partial charge in [0.2, 0.25) is 17.7 Å². The number of benzene rings is 1. The van der Waals surface area contributed by atoms with E-state index in [1.165, 1.54) is 0 Å². The molecule has 2 rings (SSSR count). The molecule has 0 aromatic heterocycles. The van der Waals surface area contributed by atoms with Crippen molar-refractivity contribution in [1.82, 2.24) is 5.32 Å². The Morgan fingerprint density at radius 2 is 1.74 bits per heavy atom. The van der Waals surface area contributed by atoms with E-state index in [1.807, 2.05) is 59.7 Å². The van der Waals surface area contributed by atoms with E-state index in [-0.39, 0.29) is 23.6 Å². The van der Waals surface area contributed by atoms with Gasteiger partial charge in [-0.1, -0.05) is 40.7 Å². The van der Waals surface area contributed by atoms with Crippen molar-refractivity contribution >= 4 is 23.4 Å². The Hall–Kier alpha value is -2.37. The van der Waals surface area contributed by atoms with Gasteiger partial charge >= 0.3 is 0 Å². The van der Waals surface area contributed by atoms with Crippen molar-refractivity contribution in [3.63, 3.8) is 0 Å². The summed E-state index contributed by atoms with van der Waals surface area (Å²) in [7, 11) is 3.37. The maximum atomic E-state index is 11.2. The van der Waals surface area contributed by atoms with E-state index in [0.717, 1.165) is 17.0 Å². The first-order chi connectivity index (χ1) is 12.8. The Kier molecular flexibility index (Phi) is 14.7. The molecule has 27 heavy (non-hydrogen) atoms. The molecular formula is C21H36N2O4. The number of rotatable bonds is 2. The lowest BCUT2D eigenvalue weighted by Gasteiger charge is -2.18. The molecule has 1 unspecified atom stereocenters. The van der Waals surface area contributed by atoms with E-state index in [1.54, 1.807) is 26.0 Å². The molecule has 0 spiro atoms. The van der Waals surface area contributed by atoms with Crippen molar-refractivity contribution in [2.24, 2.45) is 5.92 Å². The van der Waals surface area contributed by atoms with Crippen molar-refractivity contribution in [2.45, 2.75) is 61.3 Å². The number of amides is 3. The predicted molar refractivity (Wildman–Crippen MR) is 111 cm³/mol. The number of anilines is 1. The van der Waals surface area contributed by atoms with Crippen molar-refractivity contribution in [2.75, 3.05) is 19.1 Å². The number of piperidine rings is 1. The second kappa shape index (κ2) is 14.8. The van der Waals surface area contributed by atoms with Gasteiger partial charge in [-0.25, -0.2) is 0 Å². The van der Waals surface area contributed by atoms with Gasteiger partial charge in [0.25, 0.3) is 0 Å². The van der Waals surface area contributed by atoms with Gasteiger partial charge in [-0.15, -0.1) is 0 Å². The van der Waals surface area contributed by atoms with E-state index in [0.29, 0.717) is 12.8 Å². The van der Waals surface area contributed by atoms with Crippen molar-refractivity contribution in [1.29, 1.82) is 0 Å². The molecule has 0 saturated carbocycles. The number of carbonyl (C=O) groups is 3. The van der Waals surface area contributed by atoms with E-state index in [2.05, 4.69) is 5.32 Å². The Labute approximate surface area is 164 Å². The Morgan fingerprint density at radius 3 is 2.15 bits per heavy atom. The smallest absolute Gasteiger partial charge is 0.229 e. The van der Waals surface area contributed by atoms with Gasteiger partial charge in [0.05, 0.1) is 7.11 Å². The summed E-state index contributed by atoms with van der Waals surface area (Å²) < 4.78 is 5.10. The molecule has 1 atom stereocenters. The van der Waals surface area contributed by atoms with Crippen LogP contribution in [0.3, 0.4) is 0 Å². The van der Waals surface area contributed by atoms with Crippen molar-refractivity contribution < 1.29 is 19.1 Å². The zero-order valence-corrected chi connectivity index (χ0v) is 18.3. The average Bonchev–Trinajstić information content (AvgIpc) is 2.68. The van der Waals surface area contributed by atoms with Gasteiger partial charge in [-0.2, -0.15) is 0 Å². The number of aryl methyl sites for hydroxylation is 1. The van der Waals surface area contributed by atoms with Crippen LogP contribution in [0, 0.1) is 12.8 Å². The van der Waals surface area contributed by atoms with E-state index >= 15 is 0 Å². The molecule has 1 aliphatic heterocycles. The number of carbonyl (C=O) groups excluding carboxylic acids is 3. The molecule has 1 heterocycles. The number of ether oxygens (including phenoxy) is 1. The molecule has 3 amide bonds. The molecule has 1 aromatic carbocycles. The van der Waals surface area contributed by atoms with Gasteiger partial charge in [-0.05, 0) is 25.0 Å². The minimum Gasteiger partial charge on any atom is -0.497 e. The van der Waals surface area contributed by atoms with Crippen LogP contribution in [0.15, 0.2) is 18.2 Å². The first-order valence-corrected chi connectivity index (χ1v) is 9.49. The molecule has 0 bridgehead atoms. The average molecular weight is 381 g/mol. The highest BCUT2D eigenvalue weighted by molar-refractivity contribution is 5.98. The Morgan fingerprint density at radius 1 is 1.19 bits per heavy atom. The molecule has 6 nitrogen and oxygen atoms in total. The van der Waals surface area contributed by atoms with E-state index in [4.69, 9.17) is 4.74 Å². The maximum absolute atomic E-state index is 11.2. The summed E-state index contributed by atoms with van der Waals surface area (Å²) in [6.45, 7) is 13.3. The molecule has 1 aliphatic rings. The van der Waals surface area contributed by atoms with Crippen LogP contribution in [-0.4, -0.2) is 31.9 Å². The van der Waals surface area contributed by atoms with Crippen LogP contribution >= 0.6 is 0 Å². The van der Waals surface area contributed by atoms with Crippen molar-refractivity contribution in [3.8, 4) is 5.75 Å². The SMILES string of the molecule is CC.CC.CC1CCC(=O)NC1=O.COc1ccc(C)c(N(C)C(C)=O)c1. The van der Waals surface area contributed by atoms with Crippen LogP contribution in [0.2, 0.25) is 0 Å². The highest BCUT2D eigenvalue weighted by atomic mass is 16.5. The first kappa shape index (κ1) is 26.9. The summed E-state index contributed by atoms with van der Waals surface area (Å²) in [6, 6.07) is 5.68. The molecule has 0 radical (unpaired) electrons. The molecule has 154 valence electrons. The lowest BCUT2D eigenvalue weighted by molar-refractivity contribution is -0.135. The number of hydrogen-bond donors (Lipinski definition) is 1. The standard InChI is InChI=1S/C11H15NO2.C6H9NO2.2C2H6/c1-8-5-6-10(14-4)7-11(8)12(3)9(2)13;1-4-2-3-5(8)7-6(4)9;2*1-2/h5-7H,1-4H3;4H,2-3H2,1H3,(H,7,8,9);2*1-2H3. The molecular weight excluding hydrogens is 344 g/mol. The predicted octanol–water partition coefficient (Wildman–Crippen LogP) is 4.10. The van der Waals surface area contributed by atoms with Crippen LogP contribution in [-0.2, 0) is 14.4 Å². The third kappa shape index (κ3) is 9.78. The normalized spacial score (nSPS) is 14.8. The molecule has 1 fully saturated rings. The topological polar surface area (TPSA) is 75.7 Å². The van der Waals surface area contributed by atoms with Gasteiger partial charge in [0.15, 0.2) is 0 Å². The molecule has 0 aliphatic carbocycles. The van der Waals surface area contributed by atoms with Gasteiger partial charge in [-0.3, -0.25) is 19.7 Å². The minimum atomic E-state index is -0.141. The monoisotopic (exact) mass is 380 g/mol. The minimum absolute atomic E-state index is 0.0151. The lowest BCUT2D eigenvalue weighted by atomic mass is 10.0. The van der Waals surface area contributed by atoms with Crippen molar-refractivity contribution in [3.05, 3.63) is 23.8 Å². The molecule has 6 heteroatoms. The second-order valence-corrected chi connectivity index (χ2v) is 5.58. The number of hydrogen-bond acceptors (Lipinski definition) is 4. The summed E-state index contributed by atoms with van der Waals surface area (Å²) in [4.78, 5) is 33.9. The number of nitrogens with one attached hydrogen (secondary N) is 1. The fourth-order valence-corrected chi connectivity index (χ4v) is 2.05. The maximum Gasteiger partial charge on any atom is 0.229 e. The van der Waals surface area contributed by atoms with Gasteiger partial charge < -0.3 is 9.64 Å². The van der Waals surface area contributed by atoms with Crippen LogP contribution in [0.5, 0.6) is 5.75 Å². The lowest BCUT2D eigenvalue weighted by Crippen LogP contribution is -2.39. The Bertz CT molecular complexity index is 600. The summed E-state index contributed by atoms with van der Waals surface area (Å²) in [5.41, 5.74) is 1.94. The van der Waals surface area contributed by atoms with Gasteiger partial charge in [0.1, 0.15) is 5.75 Å². The number of methoxy groups -OCH3 is 1. The van der Waals surface area contributed by atoms with Crippen LogP contribution in [0.4, 0.5) is 5.69 Å². The quantitative estimate of drug-likeness (QED) is 0.784. The third-order valence-corrected chi connectivity index (χ3v) is 3.76. The van der Waals surface area contributed by atoms with E-state index < -0.39 is 0 Å². The molecule has 1 saturated heterocycles. The molecule has 1 N–H and O–H groups in total. The van der Waals surface area contributed by atoms with Crippen LogP contribution in [0.25, 0.3) is 0 Å². The number of nitrogens with zero attached hydrogens (tertiary/aromatic N) is 1. The second-order valence-electron chi connectivity index (χ2n) is 5.58. The fourth-order valence-electron chi connectivity index (χ4n) is 2.05. The number of imide groups is 1. The van der Waals surface area contributed by atoms with Crippen LogP contribution in [0.1, 0.15) is 59.9 Å². The highest BCUT2D eigenvalue weighted by Crippen LogP contribution is 2.24. The third-order valence-electron chi connectivity index (χ3n) is 3.76. The van der Waals surface area contributed by atoms with E-state index in [9.17, 15) is 14.4 Å².